The Balaban J connectivity index is 1.22. The first-order valence-corrected chi connectivity index (χ1v) is 13.9. The minimum atomic E-state index is -2.06. The Morgan fingerprint density at radius 2 is 1.86 bits per heavy atom. The van der Waals surface area contributed by atoms with Crippen LogP contribution in [0, 0.1) is 5.82 Å². The van der Waals surface area contributed by atoms with E-state index in [0.29, 0.717) is 17.6 Å². The van der Waals surface area contributed by atoms with Gasteiger partial charge in [0, 0.05) is 29.8 Å². The maximum absolute atomic E-state index is 15.2. The van der Waals surface area contributed by atoms with Crippen LogP contribution in [0.1, 0.15) is 27.0 Å². The van der Waals surface area contributed by atoms with Gasteiger partial charge in [-0.05, 0) is 42.9 Å². The first-order chi connectivity index (χ1) is 20.8. The standard InChI is InChI=1S/C32H27ClFN5O4/c1-38(19-20-8-3-2-4-9-20)16-17-43-31(41)37-30-35-25-15-14-21(18-26(25)36-30)32(42)23-11-6-5-10-22(23)29(40)39(32)27-13-7-12-24(33)28(27)34/h2-15,18,42H,16-17,19H2,1H3,(H2,35,36,37,41). The zero-order valence-corrected chi connectivity index (χ0v) is 23.8. The fourth-order valence-corrected chi connectivity index (χ4v) is 5.45. The van der Waals surface area contributed by atoms with Crippen LogP contribution in [-0.2, 0) is 17.0 Å². The highest BCUT2D eigenvalue weighted by Gasteiger charge is 2.51. The van der Waals surface area contributed by atoms with E-state index >= 15 is 4.39 Å². The number of H-pyrrole nitrogens is 1. The zero-order valence-electron chi connectivity index (χ0n) is 23.1. The van der Waals surface area contributed by atoms with Crippen molar-refractivity contribution in [2.45, 2.75) is 12.3 Å². The third-order valence-corrected chi connectivity index (χ3v) is 7.63. The van der Waals surface area contributed by atoms with Gasteiger partial charge in [0.15, 0.2) is 11.5 Å². The molecule has 3 N–H and O–H groups in total. The third kappa shape index (κ3) is 5.32. The van der Waals surface area contributed by atoms with Crippen molar-refractivity contribution in [3.8, 4) is 0 Å². The quantitative estimate of drug-likeness (QED) is 0.205. The van der Waals surface area contributed by atoms with E-state index in [1.165, 1.54) is 18.2 Å². The monoisotopic (exact) mass is 599 g/mol. The number of nitrogens with one attached hydrogen (secondary N) is 2. The molecule has 218 valence electrons. The van der Waals surface area contributed by atoms with Gasteiger partial charge in [0.2, 0.25) is 5.95 Å². The van der Waals surface area contributed by atoms with Crippen LogP contribution >= 0.6 is 11.6 Å². The zero-order chi connectivity index (χ0) is 30.1. The Labute approximate surface area is 251 Å². The number of carbonyl (C=O) groups is 2. The molecule has 0 saturated heterocycles. The van der Waals surface area contributed by atoms with Gasteiger partial charge in [-0.15, -0.1) is 0 Å². The molecule has 0 fully saturated rings. The van der Waals surface area contributed by atoms with E-state index < -0.39 is 23.5 Å². The highest BCUT2D eigenvalue weighted by molar-refractivity contribution is 6.31. The highest BCUT2D eigenvalue weighted by Crippen LogP contribution is 2.46. The molecule has 43 heavy (non-hydrogen) atoms. The first kappa shape index (κ1) is 28.4. The Kier molecular flexibility index (Phi) is 7.57. The lowest BCUT2D eigenvalue weighted by Gasteiger charge is -2.35. The number of halogens is 2. The number of rotatable bonds is 8. The topological polar surface area (TPSA) is 111 Å². The summed E-state index contributed by atoms with van der Waals surface area (Å²) in [5.41, 5.74) is 0.657. The molecule has 1 aliphatic heterocycles. The van der Waals surface area contributed by atoms with Crippen LogP contribution in [0.5, 0.6) is 0 Å². The molecule has 9 nitrogen and oxygen atoms in total. The van der Waals surface area contributed by atoms with Crippen molar-refractivity contribution in [3.05, 3.63) is 124 Å². The molecular weight excluding hydrogens is 573 g/mol. The van der Waals surface area contributed by atoms with Crippen LogP contribution in [0.25, 0.3) is 11.0 Å². The maximum atomic E-state index is 15.2. The summed E-state index contributed by atoms with van der Waals surface area (Å²) in [6.45, 7) is 1.44. The largest absolute Gasteiger partial charge is 0.448 e. The van der Waals surface area contributed by atoms with Crippen molar-refractivity contribution in [3.63, 3.8) is 0 Å². The molecule has 0 saturated carbocycles. The van der Waals surface area contributed by atoms with Gasteiger partial charge in [0.25, 0.3) is 5.91 Å². The number of imidazole rings is 1. The number of amides is 2. The van der Waals surface area contributed by atoms with Gasteiger partial charge in [-0.3, -0.25) is 19.9 Å². The fourth-order valence-electron chi connectivity index (χ4n) is 5.28. The molecule has 0 bridgehead atoms. The van der Waals surface area contributed by atoms with Crippen molar-refractivity contribution in [1.29, 1.82) is 0 Å². The summed E-state index contributed by atoms with van der Waals surface area (Å²) in [6.07, 6.45) is -0.677. The van der Waals surface area contributed by atoms with Crippen molar-refractivity contribution in [2.24, 2.45) is 0 Å². The molecular formula is C32H27ClFN5O4. The average Bonchev–Trinajstić information content (AvgIpc) is 3.50. The van der Waals surface area contributed by atoms with E-state index in [2.05, 4.69) is 15.3 Å². The number of benzene rings is 4. The molecule has 1 aliphatic rings. The summed E-state index contributed by atoms with van der Waals surface area (Å²) in [6, 6.07) is 25.6. The summed E-state index contributed by atoms with van der Waals surface area (Å²) in [4.78, 5) is 36.4. The van der Waals surface area contributed by atoms with Crippen molar-refractivity contribution < 1.29 is 23.8 Å². The number of aromatic amines is 1. The summed E-state index contributed by atoms with van der Waals surface area (Å²) in [7, 11) is 1.94. The number of ether oxygens (including phenoxy) is 1. The molecule has 0 spiro atoms. The van der Waals surface area contributed by atoms with Gasteiger partial charge < -0.3 is 14.8 Å². The molecule has 1 aromatic heterocycles. The molecule has 4 aromatic carbocycles. The highest BCUT2D eigenvalue weighted by atomic mass is 35.5. The maximum Gasteiger partial charge on any atom is 0.414 e. The first-order valence-electron chi connectivity index (χ1n) is 13.5. The van der Waals surface area contributed by atoms with E-state index in [0.717, 1.165) is 17.0 Å². The minimum absolute atomic E-state index is 0.141. The summed E-state index contributed by atoms with van der Waals surface area (Å²) >= 11 is 6.04. The van der Waals surface area contributed by atoms with Gasteiger partial charge in [-0.1, -0.05) is 72.3 Å². The van der Waals surface area contributed by atoms with E-state index in [9.17, 15) is 14.7 Å². The SMILES string of the molecule is CN(CCOC(=O)Nc1nc2cc(C3(O)c4ccccc4C(=O)N3c3cccc(Cl)c3F)ccc2[nH]1)Cc1ccccc1. The van der Waals surface area contributed by atoms with Gasteiger partial charge in [0.1, 0.15) is 6.61 Å². The number of hydrogen-bond acceptors (Lipinski definition) is 6. The second kappa shape index (κ2) is 11.5. The number of aliphatic hydroxyl groups is 1. The Hall–Kier alpha value is -4.77. The second-order valence-electron chi connectivity index (χ2n) is 10.2. The van der Waals surface area contributed by atoms with Crippen LogP contribution in [0.3, 0.4) is 0 Å². The van der Waals surface area contributed by atoms with Crippen LogP contribution in [0.4, 0.5) is 20.8 Å². The molecule has 2 amide bonds. The number of aromatic nitrogens is 2. The lowest BCUT2D eigenvalue weighted by atomic mass is 9.93. The fraction of sp³-hybridized carbons (Fsp3) is 0.156. The van der Waals surface area contributed by atoms with Crippen LogP contribution in [-0.4, -0.2) is 52.2 Å². The lowest BCUT2D eigenvalue weighted by Crippen LogP contribution is -2.45. The molecule has 11 heteroatoms. The number of likely N-dealkylation sites (N-methyl/N-ethyl adjacent to an activating group) is 1. The molecule has 6 rings (SSSR count). The van der Waals surface area contributed by atoms with E-state index in [4.69, 9.17) is 16.3 Å². The van der Waals surface area contributed by atoms with Crippen LogP contribution < -0.4 is 10.2 Å². The second-order valence-corrected chi connectivity index (χ2v) is 10.6. The number of nitrogens with zero attached hydrogens (tertiary/aromatic N) is 3. The predicted molar refractivity (Wildman–Crippen MR) is 162 cm³/mol. The summed E-state index contributed by atoms with van der Waals surface area (Å²) in [5.74, 6) is -1.27. The van der Waals surface area contributed by atoms with E-state index in [1.54, 1.807) is 42.5 Å². The van der Waals surface area contributed by atoms with Crippen molar-refractivity contribution >= 4 is 46.3 Å². The van der Waals surface area contributed by atoms with Crippen LogP contribution in [0.2, 0.25) is 5.02 Å². The smallest absolute Gasteiger partial charge is 0.414 e. The molecule has 2 heterocycles. The number of fused-ring (bicyclic) bond motifs is 2. The van der Waals surface area contributed by atoms with Crippen molar-refractivity contribution in [1.82, 2.24) is 14.9 Å². The summed E-state index contributed by atoms with van der Waals surface area (Å²) < 4.78 is 20.5. The van der Waals surface area contributed by atoms with Crippen molar-refractivity contribution in [2.75, 3.05) is 30.4 Å². The minimum Gasteiger partial charge on any atom is -0.448 e. The Morgan fingerprint density at radius 1 is 1.09 bits per heavy atom. The van der Waals surface area contributed by atoms with Gasteiger partial charge in [-0.2, -0.15) is 0 Å². The van der Waals surface area contributed by atoms with Gasteiger partial charge >= 0.3 is 6.09 Å². The number of anilines is 2. The summed E-state index contributed by atoms with van der Waals surface area (Å²) in [5, 5.41) is 14.6. The van der Waals surface area contributed by atoms with Gasteiger partial charge in [0.05, 0.1) is 21.7 Å². The average molecular weight is 600 g/mol. The Morgan fingerprint density at radius 3 is 2.67 bits per heavy atom. The Bertz CT molecular complexity index is 1830. The van der Waals surface area contributed by atoms with Crippen LogP contribution in [0.15, 0.2) is 91.0 Å². The molecule has 0 radical (unpaired) electrons. The normalized spacial score (nSPS) is 16.1. The van der Waals surface area contributed by atoms with E-state index in [1.807, 2.05) is 42.3 Å². The number of hydrogen-bond donors (Lipinski definition) is 3. The number of carbonyl (C=O) groups excluding carboxylic acids is 2. The molecule has 1 unspecified atom stereocenters. The van der Waals surface area contributed by atoms with E-state index in [-0.39, 0.29) is 40.0 Å². The predicted octanol–water partition coefficient (Wildman–Crippen LogP) is 5.89. The third-order valence-electron chi connectivity index (χ3n) is 7.34. The van der Waals surface area contributed by atoms with Gasteiger partial charge in [-0.25, -0.2) is 14.2 Å². The lowest BCUT2D eigenvalue weighted by molar-refractivity contribution is 0.0699. The molecule has 1 atom stereocenters. The molecule has 5 aromatic rings. The molecule has 0 aliphatic carbocycles.